The van der Waals surface area contributed by atoms with Gasteiger partial charge < -0.3 is 9.52 Å². The largest absolute Gasteiger partial charge is 0.475 e. The minimum Gasteiger partial charge on any atom is -0.475 e. The molecule has 2 aromatic carbocycles. The molecule has 3 nitrogen and oxygen atoms in total. The van der Waals surface area contributed by atoms with Crippen LogP contribution in [0.1, 0.15) is 34.5 Å². The second kappa shape index (κ2) is 4.85. The van der Waals surface area contributed by atoms with Crippen LogP contribution in [0, 0.1) is 0 Å². The Labute approximate surface area is 116 Å². The van der Waals surface area contributed by atoms with Crippen molar-refractivity contribution in [2.24, 2.45) is 0 Å². The number of carboxylic acid groups (broad SMARTS) is 1. The molecule has 0 spiro atoms. The van der Waals surface area contributed by atoms with Crippen LogP contribution in [0.4, 0.5) is 0 Å². The Balaban J connectivity index is 2.24. The molecule has 1 atom stereocenters. The highest BCUT2D eigenvalue weighted by atomic mass is 16.4. The second-order valence-corrected chi connectivity index (χ2v) is 4.78. The normalized spacial score (nSPS) is 12.4. The van der Waals surface area contributed by atoms with E-state index in [-0.39, 0.29) is 11.7 Å². The number of para-hydroxylation sites is 1. The maximum atomic E-state index is 11.4. The van der Waals surface area contributed by atoms with Gasteiger partial charge in [-0.3, -0.25) is 0 Å². The number of aromatic carboxylic acids is 1. The van der Waals surface area contributed by atoms with Crippen molar-refractivity contribution < 1.29 is 14.3 Å². The minimum atomic E-state index is -1.03. The van der Waals surface area contributed by atoms with E-state index in [0.29, 0.717) is 5.58 Å². The molecule has 3 heteroatoms. The molecule has 0 saturated carbocycles. The van der Waals surface area contributed by atoms with E-state index in [0.717, 1.165) is 16.5 Å². The Morgan fingerprint density at radius 1 is 1.05 bits per heavy atom. The second-order valence-electron chi connectivity index (χ2n) is 4.78. The summed E-state index contributed by atoms with van der Waals surface area (Å²) in [4.78, 5) is 11.4. The predicted octanol–water partition coefficient (Wildman–Crippen LogP) is 4.28. The maximum absolute atomic E-state index is 11.4. The van der Waals surface area contributed by atoms with E-state index in [9.17, 15) is 9.90 Å². The van der Waals surface area contributed by atoms with Crippen LogP contribution in [0.3, 0.4) is 0 Å². The molecular weight excluding hydrogens is 252 g/mol. The van der Waals surface area contributed by atoms with Gasteiger partial charge in [-0.25, -0.2) is 4.79 Å². The summed E-state index contributed by atoms with van der Waals surface area (Å²) in [6.45, 7) is 2.00. The van der Waals surface area contributed by atoms with Crippen LogP contribution in [0.2, 0.25) is 0 Å². The van der Waals surface area contributed by atoms with Crippen molar-refractivity contribution in [3.63, 3.8) is 0 Å². The molecule has 0 bridgehead atoms. The molecule has 1 unspecified atom stereocenters. The Kier molecular flexibility index (Phi) is 3.03. The first-order chi connectivity index (χ1) is 9.68. The predicted molar refractivity (Wildman–Crippen MR) is 77.1 cm³/mol. The molecule has 20 heavy (non-hydrogen) atoms. The van der Waals surface area contributed by atoms with E-state index in [4.69, 9.17) is 4.42 Å². The zero-order chi connectivity index (χ0) is 14.1. The molecule has 3 aromatic rings. The lowest BCUT2D eigenvalue weighted by molar-refractivity contribution is 0.0663. The van der Waals surface area contributed by atoms with Gasteiger partial charge in [-0.1, -0.05) is 55.5 Å². The van der Waals surface area contributed by atoms with Gasteiger partial charge in [0.1, 0.15) is 5.58 Å². The lowest BCUT2D eigenvalue weighted by Crippen LogP contribution is -2.03. The van der Waals surface area contributed by atoms with Gasteiger partial charge in [-0.2, -0.15) is 0 Å². The third-order valence-electron chi connectivity index (χ3n) is 3.56. The van der Waals surface area contributed by atoms with E-state index in [1.807, 2.05) is 55.5 Å². The number of carboxylic acids is 1. The van der Waals surface area contributed by atoms with Gasteiger partial charge in [0, 0.05) is 16.9 Å². The fourth-order valence-electron chi connectivity index (χ4n) is 2.56. The topological polar surface area (TPSA) is 50.4 Å². The van der Waals surface area contributed by atoms with Crippen molar-refractivity contribution in [1.82, 2.24) is 0 Å². The quantitative estimate of drug-likeness (QED) is 0.769. The minimum absolute atomic E-state index is 0.0301. The monoisotopic (exact) mass is 266 g/mol. The number of hydrogen-bond donors (Lipinski definition) is 1. The smallest absolute Gasteiger partial charge is 0.372 e. The van der Waals surface area contributed by atoms with Gasteiger partial charge in [0.05, 0.1) is 0 Å². The van der Waals surface area contributed by atoms with Gasteiger partial charge in [0.2, 0.25) is 5.76 Å². The van der Waals surface area contributed by atoms with E-state index in [2.05, 4.69) is 0 Å². The summed E-state index contributed by atoms with van der Waals surface area (Å²) in [5.74, 6) is -1.03. The van der Waals surface area contributed by atoms with Gasteiger partial charge in [0.25, 0.3) is 0 Å². The number of fused-ring (bicyclic) bond motifs is 1. The van der Waals surface area contributed by atoms with Gasteiger partial charge >= 0.3 is 5.97 Å². The Morgan fingerprint density at radius 2 is 1.70 bits per heavy atom. The Hall–Kier alpha value is -2.55. The van der Waals surface area contributed by atoms with E-state index in [1.165, 1.54) is 0 Å². The zero-order valence-electron chi connectivity index (χ0n) is 11.0. The molecule has 1 N–H and O–H groups in total. The first-order valence-electron chi connectivity index (χ1n) is 6.48. The number of hydrogen-bond acceptors (Lipinski definition) is 2. The van der Waals surface area contributed by atoms with E-state index >= 15 is 0 Å². The molecule has 0 saturated heterocycles. The van der Waals surface area contributed by atoms with Crippen LogP contribution in [-0.2, 0) is 0 Å². The van der Waals surface area contributed by atoms with Crippen LogP contribution in [0.15, 0.2) is 59.0 Å². The third-order valence-corrected chi connectivity index (χ3v) is 3.56. The summed E-state index contributed by atoms with van der Waals surface area (Å²) in [5.41, 5.74) is 2.42. The standard InChI is InChI=1S/C17H14O3/c1-11(12-7-3-2-4-8-12)15-13-9-5-6-10-14(13)20-16(15)17(18)19/h2-11H,1H3,(H,18,19). The molecule has 3 rings (SSSR count). The molecule has 1 aromatic heterocycles. The highest BCUT2D eigenvalue weighted by molar-refractivity contribution is 5.95. The molecule has 0 amide bonds. The van der Waals surface area contributed by atoms with Crippen molar-refractivity contribution in [3.8, 4) is 0 Å². The SMILES string of the molecule is CC(c1ccccc1)c1c(C(=O)O)oc2ccccc12. The van der Waals surface area contributed by atoms with Gasteiger partial charge in [0.15, 0.2) is 0 Å². The van der Waals surface area contributed by atoms with E-state index in [1.54, 1.807) is 6.07 Å². The summed E-state index contributed by atoms with van der Waals surface area (Å²) in [5, 5.41) is 10.2. The average Bonchev–Trinajstić information content (AvgIpc) is 2.87. The maximum Gasteiger partial charge on any atom is 0.372 e. The summed E-state index contributed by atoms with van der Waals surface area (Å²) in [6.07, 6.45) is 0. The summed E-state index contributed by atoms with van der Waals surface area (Å²) >= 11 is 0. The fraction of sp³-hybridized carbons (Fsp3) is 0.118. The molecule has 0 fully saturated rings. The van der Waals surface area contributed by atoms with Crippen molar-refractivity contribution >= 4 is 16.9 Å². The molecule has 100 valence electrons. The van der Waals surface area contributed by atoms with Gasteiger partial charge in [-0.15, -0.1) is 0 Å². The highest BCUT2D eigenvalue weighted by Gasteiger charge is 2.24. The van der Waals surface area contributed by atoms with Crippen LogP contribution < -0.4 is 0 Å². The summed E-state index contributed by atoms with van der Waals surface area (Å²) in [6, 6.07) is 17.3. The molecule has 0 aliphatic carbocycles. The van der Waals surface area contributed by atoms with Crippen LogP contribution >= 0.6 is 0 Å². The van der Waals surface area contributed by atoms with Crippen molar-refractivity contribution in [3.05, 3.63) is 71.5 Å². The molecule has 1 heterocycles. The molecular formula is C17H14O3. The van der Waals surface area contributed by atoms with Crippen LogP contribution in [-0.4, -0.2) is 11.1 Å². The fourth-order valence-corrected chi connectivity index (χ4v) is 2.56. The summed E-state index contributed by atoms with van der Waals surface area (Å²) in [7, 11) is 0. The first-order valence-corrected chi connectivity index (χ1v) is 6.48. The number of rotatable bonds is 3. The highest BCUT2D eigenvalue weighted by Crippen LogP contribution is 2.35. The lowest BCUT2D eigenvalue weighted by Gasteiger charge is -2.11. The Morgan fingerprint density at radius 3 is 2.40 bits per heavy atom. The number of benzene rings is 2. The molecule has 0 aliphatic rings. The van der Waals surface area contributed by atoms with Gasteiger partial charge in [-0.05, 0) is 11.6 Å². The third kappa shape index (κ3) is 1.97. The van der Waals surface area contributed by atoms with Crippen LogP contribution in [0.25, 0.3) is 11.0 Å². The van der Waals surface area contributed by atoms with E-state index < -0.39 is 5.97 Å². The van der Waals surface area contributed by atoms with Crippen molar-refractivity contribution in [2.75, 3.05) is 0 Å². The lowest BCUT2D eigenvalue weighted by atomic mass is 9.91. The van der Waals surface area contributed by atoms with Crippen molar-refractivity contribution in [2.45, 2.75) is 12.8 Å². The zero-order valence-corrected chi connectivity index (χ0v) is 11.0. The van der Waals surface area contributed by atoms with Crippen LogP contribution in [0.5, 0.6) is 0 Å². The summed E-state index contributed by atoms with van der Waals surface area (Å²) < 4.78 is 5.50. The van der Waals surface area contributed by atoms with Crippen molar-refractivity contribution in [1.29, 1.82) is 0 Å². The Bertz CT molecular complexity index is 756. The first kappa shape index (κ1) is 12.5. The molecule has 0 radical (unpaired) electrons. The number of furan rings is 1. The molecule has 0 aliphatic heterocycles. The average molecular weight is 266 g/mol. The number of carbonyl (C=O) groups is 1.